The van der Waals surface area contributed by atoms with Gasteiger partial charge in [0.1, 0.15) is 5.82 Å². The number of nitrogens with zero attached hydrogens (tertiary/aromatic N) is 2. The van der Waals surface area contributed by atoms with Crippen molar-refractivity contribution in [2.45, 2.75) is 13.8 Å². The van der Waals surface area contributed by atoms with Crippen LogP contribution in [0.4, 0.5) is 15.8 Å². The third-order valence-corrected chi connectivity index (χ3v) is 5.48. The highest BCUT2D eigenvalue weighted by Crippen LogP contribution is 2.36. The molecule has 26 heavy (non-hydrogen) atoms. The van der Waals surface area contributed by atoms with Crippen LogP contribution in [-0.4, -0.2) is 23.3 Å². The average molecular weight is 387 g/mol. The van der Waals surface area contributed by atoms with Gasteiger partial charge in [-0.1, -0.05) is 42.2 Å². The fourth-order valence-corrected chi connectivity index (χ4v) is 4.13. The van der Waals surface area contributed by atoms with Gasteiger partial charge in [-0.15, -0.1) is 0 Å². The van der Waals surface area contributed by atoms with E-state index in [4.69, 9.17) is 12.2 Å². The van der Waals surface area contributed by atoms with E-state index in [0.717, 1.165) is 24.3 Å². The van der Waals surface area contributed by atoms with Crippen LogP contribution in [-0.2, 0) is 4.79 Å². The maximum Gasteiger partial charge on any atom is 0.270 e. The summed E-state index contributed by atoms with van der Waals surface area (Å²) in [5.74, 6) is -0.619. The minimum atomic E-state index is -0.396. The maximum absolute atomic E-state index is 13.5. The van der Waals surface area contributed by atoms with E-state index in [1.165, 1.54) is 28.8 Å². The van der Waals surface area contributed by atoms with Crippen molar-refractivity contribution in [1.82, 2.24) is 0 Å². The molecule has 0 aliphatic carbocycles. The average Bonchev–Trinajstić information content (AvgIpc) is 2.91. The first-order valence-corrected chi connectivity index (χ1v) is 9.64. The lowest BCUT2D eigenvalue weighted by molar-refractivity contribution is -0.113. The van der Waals surface area contributed by atoms with Crippen molar-refractivity contribution in [2.75, 3.05) is 22.9 Å². The van der Waals surface area contributed by atoms with Crippen molar-refractivity contribution >= 4 is 51.7 Å². The van der Waals surface area contributed by atoms with Gasteiger partial charge in [-0.25, -0.2) is 4.39 Å². The first-order valence-electron chi connectivity index (χ1n) is 8.42. The number of halogens is 1. The molecule has 1 fully saturated rings. The largest absolute Gasteiger partial charge is 0.372 e. The predicted molar refractivity (Wildman–Crippen MR) is 112 cm³/mol. The summed E-state index contributed by atoms with van der Waals surface area (Å²) in [7, 11) is 0. The monoisotopic (exact) mass is 386 g/mol. The Morgan fingerprint density at radius 3 is 2.46 bits per heavy atom. The number of amides is 1. The second kappa shape index (κ2) is 8.01. The van der Waals surface area contributed by atoms with E-state index in [2.05, 4.69) is 18.7 Å². The Labute approximate surface area is 162 Å². The van der Waals surface area contributed by atoms with Gasteiger partial charge in [0.05, 0.1) is 10.6 Å². The van der Waals surface area contributed by atoms with Gasteiger partial charge < -0.3 is 4.90 Å². The van der Waals surface area contributed by atoms with Crippen LogP contribution in [0.5, 0.6) is 0 Å². The van der Waals surface area contributed by atoms with E-state index in [0.29, 0.717) is 14.9 Å². The first kappa shape index (κ1) is 18.6. The third kappa shape index (κ3) is 3.81. The number of hydrogen-bond acceptors (Lipinski definition) is 4. The molecule has 2 aromatic carbocycles. The van der Waals surface area contributed by atoms with Crippen molar-refractivity contribution in [3.63, 3.8) is 0 Å². The minimum Gasteiger partial charge on any atom is -0.372 e. The highest BCUT2D eigenvalue weighted by molar-refractivity contribution is 8.27. The Bertz CT molecular complexity index is 860. The molecule has 3 rings (SSSR count). The number of hydrogen-bond donors (Lipinski definition) is 0. The smallest absolute Gasteiger partial charge is 0.270 e. The summed E-state index contributed by atoms with van der Waals surface area (Å²) >= 11 is 6.55. The quantitative estimate of drug-likeness (QED) is 0.528. The Kier molecular flexibility index (Phi) is 5.74. The van der Waals surface area contributed by atoms with Crippen LogP contribution in [0, 0.1) is 5.82 Å². The molecule has 3 nitrogen and oxygen atoms in total. The number of anilines is 2. The molecule has 0 spiro atoms. The summed E-state index contributed by atoms with van der Waals surface area (Å²) in [5.41, 5.74) is 2.54. The SMILES string of the molecule is CCN(CC)c1ccc(C=C2SC(=S)N(c3cccc(F)c3)C2=O)cc1. The van der Waals surface area contributed by atoms with Crippen LogP contribution in [0.25, 0.3) is 6.08 Å². The fourth-order valence-electron chi connectivity index (χ4n) is 2.83. The molecular formula is C20H19FN2OS2. The molecule has 1 aliphatic rings. The summed E-state index contributed by atoms with van der Waals surface area (Å²) < 4.78 is 13.9. The molecule has 1 heterocycles. The third-order valence-electron chi connectivity index (χ3n) is 4.18. The lowest BCUT2D eigenvalue weighted by Crippen LogP contribution is -2.27. The number of carbonyl (C=O) groups is 1. The molecule has 1 saturated heterocycles. The molecule has 0 radical (unpaired) electrons. The van der Waals surface area contributed by atoms with Crippen LogP contribution < -0.4 is 9.80 Å². The van der Waals surface area contributed by atoms with Crippen LogP contribution in [0.3, 0.4) is 0 Å². The Morgan fingerprint density at radius 2 is 1.85 bits per heavy atom. The van der Waals surface area contributed by atoms with Gasteiger partial charge in [-0.05, 0) is 55.8 Å². The van der Waals surface area contributed by atoms with Gasteiger partial charge in [-0.3, -0.25) is 9.69 Å². The molecule has 0 atom stereocenters. The highest BCUT2D eigenvalue weighted by Gasteiger charge is 2.33. The summed E-state index contributed by atoms with van der Waals surface area (Å²) in [4.78, 5) is 16.9. The number of thioether (sulfide) groups is 1. The summed E-state index contributed by atoms with van der Waals surface area (Å²) in [6.45, 7) is 6.13. The molecule has 1 aliphatic heterocycles. The Hall–Kier alpha value is -2.18. The molecule has 2 aromatic rings. The molecule has 1 amide bonds. The minimum absolute atomic E-state index is 0.224. The summed E-state index contributed by atoms with van der Waals surface area (Å²) in [5, 5.41) is 0. The normalized spacial score (nSPS) is 15.8. The highest BCUT2D eigenvalue weighted by atomic mass is 32.2. The lowest BCUT2D eigenvalue weighted by Gasteiger charge is -2.20. The van der Waals surface area contributed by atoms with E-state index in [-0.39, 0.29) is 5.91 Å². The summed E-state index contributed by atoms with van der Waals surface area (Å²) in [6, 6.07) is 14.0. The molecule has 6 heteroatoms. The first-order chi connectivity index (χ1) is 12.5. The molecule has 0 aromatic heterocycles. The van der Waals surface area contributed by atoms with Crippen LogP contribution in [0.2, 0.25) is 0 Å². The van der Waals surface area contributed by atoms with Gasteiger partial charge in [-0.2, -0.15) is 0 Å². The van der Waals surface area contributed by atoms with Crippen molar-refractivity contribution in [3.05, 3.63) is 64.8 Å². The molecule has 0 unspecified atom stereocenters. The topological polar surface area (TPSA) is 23.6 Å². The van der Waals surface area contributed by atoms with Crippen molar-refractivity contribution in [2.24, 2.45) is 0 Å². The van der Waals surface area contributed by atoms with Crippen LogP contribution >= 0.6 is 24.0 Å². The number of benzene rings is 2. The second-order valence-electron chi connectivity index (χ2n) is 5.76. The molecule has 0 bridgehead atoms. The molecular weight excluding hydrogens is 367 g/mol. The van der Waals surface area contributed by atoms with Gasteiger partial charge >= 0.3 is 0 Å². The zero-order chi connectivity index (χ0) is 18.7. The molecule has 0 saturated carbocycles. The van der Waals surface area contributed by atoms with E-state index >= 15 is 0 Å². The molecule has 0 N–H and O–H groups in total. The van der Waals surface area contributed by atoms with E-state index in [1.54, 1.807) is 12.1 Å². The number of carbonyl (C=O) groups excluding carboxylic acids is 1. The van der Waals surface area contributed by atoms with E-state index in [1.807, 2.05) is 30.3 Å². The van der Waals surface area contributed by atoms with Crippen LogP contribution in [0.15, 0.2) is 53.4 Å². The molecule has 134 valence electrons. The fraction of sp³-hybridized carbons (Fsp3) is 0.200. The standard InChI is InChI=1S/C20H19FN2OS2/c1-3-22(4-2)16-10-8-14(9-11-16)12-18-19(24)23(20(25)26-18)17-7-5-6-15(21)13-17/h5-13H,3-4H2,1-2H3. The Morgan fingerprint density at radius 1 is 1.15 bits per heavy atom. The zero-order valence-electron chi connectivity index (χ0n) is 14.6. The number of rotatable bonds is 5. The number of thiocarbonyl (C=S) groups is 1. The predicted octanol–water partition coefficient (Wildman–Crippen LogP) is 5.08. The van der Waals surface area contributed by atoms with Gasteiger partial charge in [0.2, 0.25) is 0 Å². The summed E-state index contributed by atoms with van der Waals surface area (Å²) in [6.07, 6.45) is 1.82. The van der Waals surface area contributed by atoms with Gasteiger partial charge in [0.15, 0.2) is 4.32 Å². The maximum atomic E-state index is 13.5. The van der Waals surface area contributed by atoms with E-state index in [9.17, 15) is 9.18 Å². The van der Waals surface area contributed by atoms with Crippen molar-refractivity contribution in [1.29, 1.82) is 0 Å². The van der Waals surface area contributed by atoms with Crippen molar-refractivity contribution in [3.8, 4) is 0 Å². The second-order valence-corrected chi connectivity index (χ2v) is 7.44. The Balaban J connectivity index is 1.84. The lowest BCUT2D eigenvalue weighted by atomic mass is 10.1. The van der Waals surface area contributed by atoms with Crippen LogP contribution in [0.1, 0.15) is 19.4 Å². The zero-order valence-corrected chi connectivity index (χ0v) is 16.2. The van der Waals surface area contributed by atoms with Gasteiger partial charge in [0.25, 0.3) is 5.91 Å². The van der Waals surface area contributed by atoms with Gasteiger partial charge in [0, 0.05) is 18.8 Å². The van der Waals surface area contributed by atoms with Crippen molar-refractivity contribution < 1.29 is 9.18 Å². The van der Waals surface area contributed by atoms with E-state index < -0.39 is 5.82 Å².